The fourth-order valence-corrected chi connectivity index (χ4v) is 1.99. The van der Waals surface area contributed by atoms with Crippen LogP contribution in [-0.2, 0) is 16.8 Å². The van der Waals surface area contributed by atoms with E-state index >= 15 is 0 Å². The van der Waals surface area contributed by atoms with Gasteiger partial charge in [-0.05, 0) is 6.42 Å². The average Bonchev–Trinajstić information content (AvgIpc) is 2.69. The van der Waals surface area contributed by atoms with Crippen molar-refractivity contribution >= 4 is 10.2 Å². The first-order valence-corrected chi connectivity index (χ1v) is 6.50. The standard InChI is InChI=1S/C8H16N4O4S/c1-7-10-8(11-16-7)6-9-17(14,15)12(2)4-3-5-13/h9,13H,3-6H2,1-2H3. The van der Waals surface area contributed by atoms with E-state index in [1.165, 1.54) is 7.05 Å². The summed E-state index contributed by atoms with van der Waals surface area (Å²) in [5.41, 5.74) is 0. The first kappa shape index (κ1) is 14.0. The lowest BCUT2D eigenvalue weighted by Gasteiger charge is -2.16. The Hall–Kier alpha value is -1.03. The molecule has 0 spiro atoms. The van der Waals surface area contributed by atoms with Crippen molar-refractivity contribution in [2.24, 2.45) is 0 Å². The Morgan fingerprint density at radius 2 is 2.24 bits per heavy atom. The maximum absolute atomic E-state index is 11.7. The number of rotatable bonds is 7. The molecule has 0 aromatic carbocycles. The lowest BCUT2D eigenvalue weighted by molar-refractivity contribution is 0.275. The molecule has 2 N–H and O–H groups in total. The Kier molecular flexibility index (Phi) is 5.00. The number of nitrogens with one attached hydrogen (secondary N) is 1. The van der Waals surface area contributed by atoms with Crippen LogP contribution in [0.1, 0.15) is 18.1 Å². The Morgan fingerprint density at radius 3 is 2.76 bits per heavy atom. The summed E-state index contributed by atoms with van der Waals surface area (Å²) in [6.07, 6.45) is 0.388. The van der Waals surface area contributed by atoms with Crippen molar-refractivity contribution in [2.45, 2.75) is 19.9 Å². The fourth-order valence-electron chi connectivity index (χ4n) is 1.09. The lowest BCUT2D eigenvalue weighted by Crippen LogP contribution is -2.38. The molecule has 0 aliphatic carbocycles. The summed E-state index contributed by atoms with van der Waals surface area (Å²) in [5.74, 6) is 0.662. The Labute approximate surface area is 99.8 Å². The van der Waals surface area contributed by atoms with Crippen LogP contribution in [0.3, 0.4) is 0 Å². The summed E-state index contributed by atoms with van der Waals surface area (Å²) in [6, 6.07) is 0. The van der Waals surface area contributed by atoms with Crippen LogP contribution in [0.15, 0.2) is 4.52 Å². The van der Waals surface area contributed by atoms with E-state index in [1.54, 1.807) is 6.92 Å². The van der Waals surface area contributed by atoms with Gasteiger partial charge in [0.1, 0.15) is 0 Å². The monoisotopic (exact) mass is 264 g/mol. The molecule has 0 amide bonds. The smallest absolute Gasteiger partial charge is 0.279 e. The van der Waals surface area contributed by atoms with Crippen LogP contribution < -0.4 is 4.72 Å². The molecule has 1 aromatic heterocycles. The van der Waals surface area contributed by atoms with Gasteiger partial charge in [-0.1, -0.05) is 5.16 Å². The van der Waals surface area contributed by atoms with Gasteiger partial charge in [-0.3, -0.25) is 0 Å². The average molecular weight is 264 g/mol. The van der Waals surface area contributed by atoms with Gasteiger partial charge in [-0.15, -0.1) is 0 Å². The van der Waals surface area contributed by atoms with E-state index in [2.05, 4.69) is 14.9 Å². The van der Waals surface area contributed by atoms with Crippen molar-refractivity contribution in [3.63, 3.8) is 0 Å². The van der Waals surface area contributed by atoms with Crippen LogP contribution >= 0.6 is 0 Å². The lowest BCUT2D eigenvalue weighted by atomic mass is 10.5. The van der Waals surface area contributed by atoms with Gasteiger partial charge in [0.05, 0.1) is 6.54 Å². The number of hydrogen-bond acceptors (Lipinski definition) is 6. The van der Waals surface area contributed by atoms with Crippen LogP contribution in [0.25, 0.3) is 0 Å². The molecule has 1 rings (SSSR count). The second kappa shape index (κ2) is 6.05. The summed E-state index contributed by atoms with van der Waals surface area (Å²) in [6.45, 7) is 1.79. The Morgan fingerprint density at radius 1 is 1.53 bits per heavy atom. The van der Waals surface area contributed by atoms with E-state index < -0.39 is 10.2 Å². The zero-order chi connectivity index (χ0) is 12.9. The predicted octanol–water partition coefficient (Wildman–Crippen LogP) is -0.973. The minimum absolute atomic E-state index is 0.0247. The quantitative estimate of drug-likeness (QED) is 0.655. The summed E-state index contributed by atoms with van der Waals surface area (Å²) >= 11 is 0. The third kappa shape index (κ3) is 4.38. The summed E-state index contributed by atoms with van der Waals surface area (Å²) < 4.78 is 31.5. The molecule has 1 heterocycles. The van der Waals surface area contributed by atoms with E-state index in [0.717, 1.165) is 4.31 Å². The molecule has 0 aliphatic heterocycles. The molecule has 1 aromatic rings. The zero-order valence-electron chi connectivity index (χ0n) is 9.75. The van der Waals surface area contributed by atoms with Gasteiger partial charge in [0, 0.05) is 27.1 Å². The molecule has 98 valence electrons. The highest BCUT2D eigenvalue weighted by Crippen LogP contribution is 1.99. The van der Waals surface area contributed by atoms with Gasteiger partial charge in [-0.25, -0.2) is 0 Å². The number of hydrogen-bond donors (Lipinski definition) is 2. The fraction of sp³-hybridized carbons (Fsp3) is 0.750. The van der Waals surface area contributed by atoms with E-state index in [1.807, 2.05) is 0 Å². The highest BCUT2D eigenvalue weighted by atomic mass is 32.2. The second-order valence-corrected chi connectivity index (χ2v) is 5.32. The predicted molar refractivity (Wildman–Crippen MR) is 59.1 cm³/mol. The molecule has 9 heteroatoms. The molecule has 0 fully saturated rings. The molecule has 0 unspecified atom stereocenters. The zero-order valence-corrected chi connectivity index (χ0v) is 10.6. The first-order chi connectivity index (χ1) is 7.95. The number of aliphatic hydroxyl groups excluding tert-OH is 1. The van der Waals surface area contributed by atoms with Crippen molar-refractivity contribution in [3.05, 3.63) is 11.7 Å². The maximum atomic E-state index is 11.7. The van der Waals surface area contributed by atoms with E-state index in [-0.39, 0.29) is 25.5 Å². The molecule has 17 heavy (non-hydrogen) atoms. The van der Waals surface area contributed by atoms with E-state index in [0.29, 0.717) is 12.3 Å². The minimum Gasteiger partial charge on any atom is -0.396 e. The molecular formula is C8H16N4O4S. The van der Waals surface area contributed by atoms with Gasteiger partial charge in [-0.2, -0.15) is 22.4 Å². The van der Waals surface area contributed by atoms with Crippen molar-refractivity contribution in [2.75, 3.05) is 20.2 Å². The van der Waals surface area contributed by atoms with Crippen LogP contribution in [-0.4, -0.2) is 48.2 Å². The van der Waals surface area contributed by atoms with Gasteiger partial charge < -0.3 is 9.63 Å². The molecule has 0 saturated carbocycles. The van der Waals surface area contributed by atoms with E-state index in [9.17, 15) is 8.42 Å². The molecular weight excluding hydrogens is 248 g/mol. The maximum Gasteiger partial charge on any atom is 0.279 e. The molecule has 8 nitrogen and oxygen atoms in total. The third-order valence-corrected chi connectivity index (χ3v) is 3.54. The van der Waals surface area contributed by atoms with Crippen molar-refractivity contribution in [1.29, 1.82) is 0 Å². The molecule has 0 bridgehead atoms. The highest BCUT2D eigenvalue weighted by Gasteiger charge is 2.17. The van der Waals surface area contributed by atoms with Gasteiger partial charge >= 0.3 is 0 Å². The summed E-state index contributed by atoms with van der Waals surface area (Å²) in [5, 5.41) is 12.2. The topological polar surface area (TPSA) is 109 Å². The van der Waals surface area contributed by atoms with Crippen LogP contribution in [0.4, 0.5) is 0 Å². The molecule has 0 aliphatic rings. The summed E-state index contributed by atoms with van der Waals surface area (Å²) in [7, 11) is -2.14. The number of aryl methyl sites for hydroxylation is 1. The van der Waals surface area contributed by atoms with Crippen LogP contribution in [0.5, 0.6) is 0 Å². The van der Waals surface area contributed by atoms with Crippen molar-refractivity contribution < 1.29 is 18.0 Å². The summed E-state index contributed by atoms with van der Waals surface area (Å²) in [4.78, 5) is 3.87. The molecule has 0 saturated heterocycles. The number of aliphatic hydroxyl groups is 1. The molecule has 0 atom stereocenters. The Bertz CT molecular complexity index is 444. The van der Waals surface area contributed by atoms with Crippen molar-refractivity contribution in [3.8, 4) is 0 Å². The first-order valence-electron chi connectivity index (χ1n) is 5.06. The van der Waals surface area contributed by atoms with Gasteiger partial charge in [0.25, 0.3) is 10.2 Å². The normalized spacial score (nSPS) is 12.2. The number of aromatic nitrogens is 2. The highest BCUT2D eigenvalue weighted by molar-refractivity contribution is 7.87. The van der Waals surface area contributed by atoms with Gasteiger partial charge in [0.15, 0.2) is 5.82 Å². The van der Waals surface area contributed by atoms with Crippen molar-refractivity contribution in [1.82, 2.24) is 19.2 Å². The Balaban J connectivity index is 2.49. The SMILES string of the molecule is Cc1nc(CNS(=O)(=O)N(C)CCCO)no1. The van der Waals surface area contributed by atoms with Crippen LogP contribution in [0.2, 0.25) is 0 Å². The molecule has 0 radical (unpaired) electrons. The second-order valence-electron chi connectivity index (χ2n) is 3.45. The van der Waals surface area contributed by atoms with Crippen LogP contribution in [0, 0.1) is 6.92 Å². The van der Waals surface area contributed by atoms with E-state index in [4.69, 9.17) is 9.63 Å². The minimum atomic E-state index is -3.57. The van der Waals surface area contributed by atoms with Gasteiger partial charge in [0.2, 0.25) is 5.89 Å². The third-order valence-electron chi connectivity index (χ3n) is 2.02. The largest absolute Gasteiger partial charge is 0.396 e. The number of nitrogens with zero attached hydrogens (tertiary/aromatic N) is 3.